The predicted octanol–water partition coefficient (Wildman–Crippen LogP) is 2.05. The van der Waals surface area contributed by atoms with Gasteiger partial charge in [-0.2, -0.15) is 4.31 Å². The van der Waals surface area contributed by atoms with E-state index in [9.17, 15) is 13.2 Å². The number of amides is 1. The first-order chi connectivity index (χ1) is 10.6. The third-order valence-electron chi connectivity index (χ3n) is 3.64. The Bertz CT molecular complexity index is 762. The molecule has 0 bridgehead atoms. The second-order valence-electron chi connectivity index (χ2n) is 5.18. The molecule has 1 aromatic heterocycles. The molecule has 1 saturated heterocycles. The summed E-state index contributed by atoms with van der Waals surface area (Å²) in [5.74, 6) is -0.367. The highest BCUT2D eigenvalue weighted by molar-refractivity contribution is 7.89. The number of sulfonamides is 1. The van der Waals surface area contributed by atoms with Crippen LogP contribution in [0.25, 0.3) is 0 Å². The van der Waals surface area contributed by atoms with Gasteiger partial charge in [0.15, 0.2) is 0 Å². The van der Waals surface area contributed by atoms with E-state index < -0.39 is 10.0 Å². The number of hydrogen-bond acceptors (Lipinski definition) is 3. The molecule has 1 amide bonds. The highest BCUT2D eigenvalue weighted by Crippen LogP contribution is 2.21. The average Bonchev–Trinajstić information content (AvgIpc) is 3.20. The molecule has 2 N–H and O–H groups in total. The van der Waals surface area contributed by atoms with Crippen LogP contribution >= 0.6 is 0 Å². The predicted molar refractivity (Wildman–Crippen MR) is 83.2 cm³/mol. The fraction of sp³-hybridized carbons (Fsp3) is 0.267. The van der Waals surface area contributed by atoms with E-state index in [-0.39, 0.29) is 16.5 Å². The molecule has 6 nitrogen and oxygen atoms in total. The molecule has 3 rings (SSSR count). The molecular weight excluding hydrogens is 302 g/mol. The fourth-order valence-electron chi connectivity index (χ4n) is 2.45. The number of aromatic nitrogens is 1. The zero-order valence-electron chi connectivity index (χ0n) is 12.0. The number of anilines is 1. The van der Waals surface area contributed by atoms with Gasteiger partial charge in [0.25, 0.3) is 5.91 Å². The molecule has 1 aliphatic rings. The van der Waals surface area contributed by atoms with Crippen molar-refractivity contribution < 1.29 is 13.2 Å². The first kappa shape index (κ1) is 14.8. The van der Waals surface area contributed by atoms with Crippen LogP contribution in [0.15, 0.2) is 47.5 Å². The Hall–Kier alpha value is -2.12. The van der Waals surface area contributed by atoms with Gasteiger partial charge in [-0.1, -0.05) is 18.2 Å². The number of aromatic amines is 1. The summed E-state index contributed by atoms with van der Waals surface area (Å²) in [5.41, 5.74) is 0.882. The number of rotatable bonds is 4. The van der Waals surface area contributed by atoms with Gasteiger partial charge in [0, 0.05) is 25.0 Å². The minimum Gasteiger partial charge on any atom is -0.356 e. The monoisotopic (exact) mass is 319 g/mol. The van der Waals surface area contributed by atoms with Crippen LogP contribution in [0.1, 0.15) is 23.3 Å². The number of hydrogen-bond donors (Lipinski definition) is 2. The van der Waals surface area contributed by atoms with Gasteiger partial charge >= 0.3 is 0 Å². The Morgan fingerprint density at radius 1 is 1.14 bits per heavy atom. The van der Waals surface area contributed by atoms with Crippen molar-refractivity contribution >= 4 is 21.6 Å². The lowest BCUT2D eigenvalue weighted by Gasteiger charge is -2.13. The second kappa shape index (κ2) is 5.94. The molecule has 1 aromatic carbocycles. The second-order valence-corrected chi connectivity index (χ2v) is 7.12. The molecule has 2 aromatic rings. The van der Waals surface area contributed by atoms with E-state index in [1.165, 1.54) is 16.6 Å². The standard InChI is InChI=1S/C15H17N3O3S/c19-15(17-12-6-2-1-3-7-12)14-10-13(11-16-14)22(20,21)18-8-4-5-9-18/h1-3,6-7,10-11,16H,4-5,8-9H2,(H,17,19). The van der Waals surface area contributed by atoms with Crippen LogP contribution in [0.3, 0.4) is 0 Å². The normalized spacial score (nSPS) is 15.8. The fourth-order valence-corrected chi connectivity index (χ4v) is 3.96. The minimum atomic E-state index is -3.50. The molecule has 2 heterocycles. The van der Waals surface area contributed by atoms with Crippen LogP contribution in [0.5, 0.6) is 0 Å². The topological polar surface area (TPSA) is 82.3 Å². The van der Waals surface area contributed by atoms with Crippen molar-refractivity contribution in [2.24, 2.45) is 0 Å². The van der Waals surface area contributed by atoms with E-state index in [4.69, 9.17) is 0 Å². The van der Waals surface area contributed by atoms with Crippen LogP contribution in [-0.4, -0.2) is 36.7 Å². The summed E-state index contributed by atoms with van der Waals surface area (Å²) >= 11 is 0. The lowest BCUT2D eigenvalue weighted by Crippen LogP contribution is -2.27. The molecular formula is C15H17N3O3S. The minimum absolute atomic E-state index is 0.132. The lowest BCUT2D eigenvalue weighted by molar-refractivity contribution is 0.102. The maximum atomic E-state index is 12.4. The molecule has 0 spiro atoms. The number of para-hydroxylation sites is 1. The van der Waals surface area contributed by atoms with Gasteiger partial charge in [-0.25, -0.2) is 8.42 Å². The van der Waals surface area contributed by atoms with E-state index in [2.05, 4.69) is 10.3 Å². The molecule has 0 atom stereocenters. The summed E-state index contributed by atoms with van der Waals surface area (Å²) in [7, 11) is -3.50. The van der Waals surface area contributed by atoms with Crippen LogP contribution in [0, 0.1) is 0 Å². The molecule has 7 heteroatoms. The Kier molecular flexibility index (Phi) is 4.00. The van der Waals surface area contributed by atoms with Gasteiger partial charge in [-0.05, 0) is 31.0 Å². The van der Waals surface area contributed by atoms with Crippen LogP contribution in [-0.2, 0) is 10.0 Å². The zero-order chi connectivity index (χ0) is 15.6. The summed E-state index contributed by atoms with van der Waals surface area (Å²) in [5, 5.41) is 2.71. The van der Waals surface area contributed by atoms with E-state index in [1.807, 2.05) is 18.2 Å². The van der Waals surface area contributed by atoms with Crippen molar-refractivity contribution in [3.8, 4) is 0 Å². The van der Waals surface area contributed by atoms with Gasteiger partial charge < -0.3 is 10.3 Å². The van der Waals surface area contributed by atoms with Crippen molar-refractivity contribution in [3.63, 3.8) is 0 Å². The molecule has 0 aliphatic carbocycles. The molecule has 1 fully saturated rings. The summed E-state index contributed by atoms with van der Waals surface area (Å²) in [6, 6.07) is 10.4. The Labute approximate surface area is 129 Å². The molecule has 0 unspecified atom stereocenters. The zero-order valence-corrected chi connectivity index (χ0v) is 12.8. The SMILES string of the molecule is O=C(Nc1ccccc1)c1cc(S(=O)(=O)N2CCCC2)c[nH]1. The molecule has 0 saturated carbocycles. The van der Waals surface area contributed by atoms with E-state index in [1.54, 1.807) is 12.1 Å². The molecule has 116 valence electrons. The lowest BCUT2D eigenvalue weighted by atomic mass is 10.3. The maximum Gasteiger partial charge on any atom is 0.272 e. The van der Waals surface area contributed by atoms with Gasteiger partial charge in [0.1, 0.15) is 10.6 Å². The first-order valence-electron chi connectivity index (χ1n) is 7.12. The van der Waals surface area contributed by atoms with Crippen LogP contribution in [0.4, 0.5) is 5.69 Å². The van der Waals surface area contributed by atoms with Crippen molar-refractivity contribution in [1.82, 2.24) is 9.29 Å². The Morgan fingerprint density at radius 3 is 2.50 bits per heavy atom. The molecule has 0 radical (unpaired) electrons. The maximum absolute atomic E-state index is 12.4. The van der Waals surface area contributed by atoms with Crippen LogP contribution < -0.4 is 5.32 Å². The van der Waals surface area contributed by atoms with Crippen molar-refractivity contribution in [2.75, 3.05) is 18.4 Å². The largest absolute Gasteiger partial charge is 0.356 e. The van der Waals surface area contributed by atoms with Crippen LogP contribution in [0.2, 0.25) is 0 Å². The van der Waals surface area contributed by atoms with E-state index in [0.29, 0.717) is 18.8 Å². The summed E-state index contributed by atoms with van der Waals surface area (Å²) in [6.07, 6.45) is 3.13. The third-order valence-corrected chi connectivity index (χ3v) is 5.51. The van der Waals surface area contributed by atoms with Crippen molar-refractivity contribution in [3.05, 3.63) is 48.3 Å². The first-order valence-corrected chi connectivity index (χ1v) is 8.56. The van der Waals surface area contributed by atoms with Gasteiger partial charge in [0.05, 0.1) is 0 Å². The Morgan fingerprint density at radius 2 is 1.82 bits per heavy atom. The third kappa shape index (κ3) is 2.90. The van der Waals surface area contributed by atoms with Gasteiger partial charge in [0.2, 0.25) is 10.0 Å². The molecule has 22 heavy (non-hydrogen) atoms. The number of nitrogens with one attached hydrogen (secondary N) is 2. The highest BCUT2D eigenvalue weighted by Gasteiger charge is 2.28. The number of carbonyl (C=O) groups is 1. The van der Waals surface area contributed by atoms with E-state index in [0.717, 1.165) is 12.8 Å². The Balaban J connectivity index is 1.77. The van der Waals surface area contributed by atoms with Crippen molar-refractivity contribution in [2.45, 2.75) is 17.7 Å². The number of H-pyrrole nitrogens is 1. The average molecular weight is 319 g/mol. The number of benzene rings is 1. The summed E-state index contributed by atoms with van der Waals surface area (Å²) in [4.78, 5) is 15.0. The number of carbonyl (C=O) groups excluding carboxylic acids is 1. The van der Waals surface area contributed by atoms with Gasteiger partial charge in [-0.15, -0.1) is 0 Å². The van der Waals surface area contributed by atoms with E-state index >= 15 is 0 Å². The summed E-state index contributed by atoms with van der Waals surface area (Å²) in [6.45, 7) is 1.08. The smallest absolute Gasteiger partial charge is 0.272 e. The highest BCUT2D eigenvalue weighted by atomic mass is 32.2. The van der Waals surface area contributed by atoms with Gasteiger partial charge in [-0.3, -0.25) is 4.79 Å². The summed E-state index contributed by atoms with van der Waals surface area (Å²) < 4.78 is 26.3. The number of nitrogens with zero attached hydrogens (tertiary/aromatic N) is 1. The van der Waals surface area contributed by atoms with Crippen molar-refractivity contribution in [1.29, 1.82) is 0 Å². The quantitative estimate of drug-likeness (QED) is 0.905. The molecule has 1 aliphatic heterocycles.